The lowest BCUT2D eigenvalue weighted by Gasteiger charge is -2.34. The van der Waals surface area contributed by atoms with Crippen molar-refractivity contribution in [3.8, 4) is 0 Å². The van der Waals surface area contributed by atoms with Crippen molar-refractivity contribution >= 4 is 11.9 Å². The smallest absolute Gasteiger partial charge is 0.308 e. The minimum Gasteiger partial charge on any atom is -0.481 e. The topological polar surface area (TPSA) is 83.6 Å². The second-order valence-corrected chi connectivity index (χ2v) is 6.66. The van der Waals surface area contributed by atoms with Crippen molar-refractivity contribution in [2.24, 2.45) is 23.0 Å². The molecule has 1 aliphatic heterocycles. The van der Waals surface area contributed by atoms with Crippen LogP contribution in [0, 0.1) is 17.3 Å². The van der Waals surface area contributed by atoms with Gasteiger partial charge in [0.15, 0.2) is 0 Å². The van der Waals surface area contributed by atoms with Crippen molar-refractivity contribution < 1.29 is 14.7 Å². The molecular formula is C14H26N2O3. The first-order valence-electron chi connectivity index (χ1n) is 6.96. The van der Waals surface area contributed by atoms with Gasteiger partial charge in [-0.1, -0.05) is 20.8 Å². The number of carbonyl (C=O) groups excluding carboxylic acids is 1. The SMILES string of the molecule is CC(C)(C)CC(CN)C(=O)N1CCC[C@H](C(=O)O)C1. The third-order valence-electron chi connectivity index (χ3n) is 3.57. The zero-order valence-electron chi connectivity index (χ0n) is 12.2. The van der Waals surface area contributed by atoms with Crippen LogP contribution in [0.15, 0.2) is 0 Å². The summed E-state index contributed by atoms with van der Waals surface area (Å²) in [4.78, 5) is 25.1. The largest absolute Gasteiger partial charge is 0.481 e. The molecule has 0 aromatic heterocycles. The molecule has 1 aliphatic rings. The van der Waals surface area contributed by atoms with Gasteiger partial charge in [-0.3, -0.25) is 9.59 Å². The number of amides is 1. The van der Waals surface area contributed by atoms with E-state index in [2.05, 4.69) is 20.8 Å². The molecule has 5 nitrogen and oxygen atoms in total. The van der Waals surface area contributed by atoms with Gasteiger partial charge in [-0.15, -0.1) is 0 Å². The molecular weight excluding hydrogens is 244 g/mol. The van der Waals surface area contributed by atoms with E-state index < -0.39 is 11.9 Å². The predicted molar refractivity (Wildman–Crippen MR) is 73.6 cm³/mol. The van der Waals surface area contributed by atoms with E-state index in [-0.39, 0.29) is 17.2 Å². The number of rotatable bonds is 4. The molecule has 1 heterocycles. The van der Waals surface area contributed by atoms with Crippen LogP contribution < -0.4 is 5.73 Å². The zero-order chi connectivity index (χ0) is 14.6. The lowest BCUT2D eigenvalue weighted by atomic mass is 9.83. The lowest BCUT2D eigenvalue weighted by Crippen LogP contribution is -2.47. The van der Waals surface area contributed by atoms with Gasteiger partial charge >= 0.3 is 5.97 Å². The van der Waals surface area contributed by atoms with E-state index in [4.69, 9.17) is 10.8 Å². The van der Waals surface area contributed by atoms with Crippen LogP contribution in [-0.2, 0) is 9.59 Å². The van der Waals surface area contributed by atoms with Crippen molar-refractivity contribution in [3.63, 3.8) is 0 Å². The Kier molecular flexibility index (Phi) is 5.35. The number of piperidine rings is 1. The van der Waals surface area contributed by atoms with Gasteiger partial charge in [0.25, 0.3) is 0 Å². The maximum absolute atomic E-state index is 12.4. The van der Waals surface area contributed by atoms with Gasteiger partial charge < -0.3 is 15.7 Å². The van der Waals surface area contributed by atoms with E-state index in [0.29, 0.717) is 26.1 Å². The Morgan fingerprint density at radius 2 is 2.05 bits per heavy atom. The van der Waals surface area contributed by atoms with E-state index in [0.717, 1.165) is 12.8 Å². The number of likely N-dealkylation sites (tertiary alicyclic amines) is 1. The number of carbonyl (C=O) groups is 2. The highest BCUT2D eigenvalue weighted by Gasteiger charge is 2.32. The van der Waals surface area contributed by atoms with E-state index in [9.17, 15) is 9.59 Å². The van der Waals surface area contributed by atoms with Gasteiger partial charge in [0.2, 0.25) is 5.91 Å². The van der Waals surface area contributed by atoms with Crippen molar-refractivity contribution in [1.82, 2.24) is 4.90 Å². The van der Waals surface area contributed by atoms with Crippen molar-refractivity contribution in [2.75, 3.05) is 19.6 Å². The fourth-order valence-corrected chi connectivity index (χ4v) is 2.65. The highest BCUT2D eigenvalue weighted by atomic mass is 16.4. The van der Waals surface area contributed by atoms with Crippen molar-refractivity contribution in [2.45, 2.75) is 40.0 Å². The molecule has 0 aromatic carbocycles. The molecule has 110 valence electrons. The molecule has 3 N–H and O–H groups in total. The molecule has 1 saturated heterocycles. The van der Waals surface area contributed by atoms with Gasteiger partial charge in [-0.05, 0) is 24.7 Å². The maximum Gasteiger partial charge on any atom is 0.308 e. The van der Waals surface area contributed by atoms with Crippen LogP contribution in [0.4, 0.5) is 0 Å². The first-order valence-corrected chi connectivity index (χ1v) is 6.96. The van der Waals surface area contributed by atoms with E-state index >= 15 is 0 Å². The summed E-state index contributed by atoms with van der Waals surface area (Å²) in [6.07, 6.45) is 2.15. The van der Waals surface area contributed by atoms with Crippen LogP contribution in [0.25, 0.3) is 0 Å². The summed E-state index contributed by atoms with van der Waals surface area (Å²) in [5.74, 6) is -1.42. The highest BCUT2D eigenvalue weighted by Crippen LogP contribution is 2.26. The lowest BCUT2D eigenvalue weighted by molar-refractivity contribution is -0.147. The van der Waals surface area contributed by atoms with Crippen LogP contribution in [0.3, 0.4) is 0 Å². The van der Waals surface area contributed by atoms with Crippen LogP contribution in [0.2, 0.25) is 0 Å². The summed E-state index contributed by atoms with van der Waals surface area (Å²) in [6.45, 7) is 7.56. The Balaban J connectivity index is 2.66. The number of aliphatic carboxylic acids is 1. The third kappa shape index (κ3) is 4.82. The molecule has 2 atom stereocenters. The molecule has 0 spiro atoms. The summed E-state index contributed by atoms with van der Waals surface area (Å²) in [5.41, 5.74) is 5.76. The molecule has 0 aromatic rings. The van der Waals surface area contributed by atoms with Crippen LogP contribution in [0.5, 0.6) is 0 Å². The highest BCUT2D eigenvalue weighted by molar-refractivity contribution is 5.80. The van der Waals surface area contributed by atoms with E-state index in [1.54, 1.807) is 4.90 Å². The van der Waals surface area contributed by atoms with Gasteiger partial charge in [0, 0.05) is 19.6 Å². The van der Waals surface area contributed by atoms with Crippen LogP contribution >= 0.6 is 0 Å². The summed E-state index contributed by atoms with van der Waals surface area (Å²) in [5, 5.41) is 9.06. The Morgan fingerprint density at radius 3 is 2.53 bits per heavy atom. The first kappa shape index (κ1) is 16.0. The van der Waals surface area contributed by atoms with E-state index in [1.807, 2.05) is 0 Å². The number of nitrogens with zero attached hydrogens (tertiary/aromatic N) is 1. The number of nitrogens with two attached hydrogens (primary N) is 1. The van der Waals surface area contributed by atoms with Crippen molar-refractivity contribution in [3.05, 3.63) is 0 Å². The second kappa shape index (κ2) is 6.37. The summed E-state index contributed by atoms with van der Waals surface area (Å²) >= 11 is 0. The molecule has 1 amide bonds. The average Bonchev–Trinajstić information content (AvgIpc) is 2.34. The second-order valence-electron chi connectivity index (χ2n) is 6.66. The summed E-state index contributed by atoms with van der Waals surface area (Å²) in [7, 11) is 0. The van der Waals surface area contributed by atoms with Crippen LogP contribution in [0.1, 0.15) is 40.0 Å². The average molecular weight is 270 g/mol. The number of hydrogen-bond acceptors (Lipinski definition) is 3. The Bertz CT molecular complexity index is 336. The maximum atomic E-state index is 12.4. The molecule has 19 heavy (non-hydrogen) atoms. The minimum atomic E-state index is -0.808. The fourth-order valence-electron chi connectivity index (χ4n) is 2.65. The predicted octanol–water partition coefficient (Wildman–Crippen LogP) is 1.32. The molecule has 1 unspecified atom stereocenters. The molecule has 0 aliphatic carbocycles. The van der Waals surface area contributed by atoms with Crippen LogP contribution in [-0.4, -0.2) is 41.5 Å². The standard InChI is InChI=1S/C14H26N2O3/c1-14(2,3)7-11(8-15)12(17)16-6-4-5-10(9-16)13(18)19/h10-11H,4-9,15H2,1-3H3,(H,18,19)/t10-,11?/m0/s1. The molecule has 1 fully saturated rings. The normalized spacial score (nSPS) is 22.1. The summed E-state index contributed by atoms with van der Waals surface area (Å²) < 4.78 is 0. The Labute approximate surface area is 115 Å². The van der Waals surface area contributed by atoms with Crippen molar-refractivity contribution in [1.29, 1.82) is 0 Å². The molecule has 0 bridgehead atoms. The Hall–Kier alpha value is -1.10. The molecule has 0 radical (unpaired) electrons. The number of hydrogen-bond donors (Lipinski definition) is 2. The summed E-state index contributed by atoms with van der Waals surface area (Å²) in [6, 6.07) is 0. The molecule has 1 rings (SSSR count). The number of carboxylic acid groups (broad SMARTS) is 1. The van der Waals surface area contributed by atoms with E-state index in [1.165, 1.54) is 0 Å². The van der Waals surface area contributed by atoms with Gasteiger partial charge in [0.05, 0.1) is 11.8 Å². The number of carboxylic acids is 1. The first-order chi connectivity index (χ1) is 8.74. The van der Waals surface area contributed by atoms with Gasteiger partial charge in [0.1, 0.15) is 0 Å². The monoisotopic (exact) mass is 270 g/mol. The quantitative estimate of drug-likeness (QED) is 0.807. The molecule has 0 saturated carbocycles. The zero-order valence-corrected chi connectivity index (χ0v) is 12.2. The Morgan fingerprint density at radius 1 is 1.42 bits per heavy atom. The molecule has 5 heteroatoms. The minimum absolute atomic E-state index is 0.0170. The third-order valence-corrected chi connectivity index (χ3v) is 3.57. The van der Waals surface area contributed by atoms with Gasteiger partial charge in [-0.2, -0.15) is 0 Å². The van der Waals surface area contributed by atoms with Gasteiger partial charge in [-0.25, -0.2) is 0 Å². The fraction of sp³-hybridized carbons (Fsp3) is 0.857.